The molecule has 0 spiro atoms. The van der Waals surface area contributed by atoms with Gasteiger partial charge >= 0.3 is 0 Å². The Morgan fingerprint density at radius 2 is 2.05 bits per heavy atom. The van der Waals surface area contributed by atoms with Crippen molar-refractivity contribution < 1.29 is 14.6 Å². The third-order valence-corrected chi connectivity index (χ3v) is 3.50. The zero-order chi connectivity index (χ0) is 13.9. The smallest absolute Gasteiger partial charge is 0.244 e. The number of rotatable bonds is 3. The fraction of sp³-hybridized carbons (Fsp3) is 0.500. The summed E-state index contributed by atoms with van der Waals surface area (Å²) >= 11 is 0. The monoisotopic (exact) mass is 264 g/mol. The summed E-state index contributed by atoms with van der Waals surface area (Å²) in [5.74, 6) is -0.219. The van der Waals surface area contributed by atoms with Gasteiger partial charge in [0.05, 0.1) is 6.10 Å². The van der Waals surface area contributed by atoms with Gasteiger partial charge in [-0.1, -0.05) is 18.2 Å². The van der Waals surface area contributed by atoms with Gasteiger partial charge in [0, 0.05) is 24.5 Å². The number of para-hydroxylation sites is 1. The summed E-state index contributed by atoms with van der Waals surface area (Å²) < 4.78 is 5.23. The molecule has 2 rings (SSSR count). The molecule has 104 valence electrons. The SMILES string of the molecule is CC(O)c1ccccc1NC(=O)C1(N)CCOCC1. The number of nitrogens with two attached hydrogens (primary N) is 1. The molecule has 0 bridgehead atoms. The predicted molar refractivity (Wildman–Crippen MR) is 72.7 cm³/mol. The lowest BCUT2D eigenvalue weighted by atomic mass is 9.90. The molecule has 1 aliphatic rings. The number of amides is 1. The van der Waals surface area contributed by atoms with Crippen LogP contribution in [-0.4, -0.2) is 29.8 Å². The number of carbonyl (C=O) groups excluding carboxylic acids is 1. The molecule has 1 aromatic carbocycles. The highest BCUT2D eigenvalue weighted by Crippen LogP contribution is 2.25. The third-order valence-electron chi connectivity index (χ3n) is 3.50. The van der Waals surface area contributed by atoms with Crippen molar-refractivity contribution in [2.75, 3.05) is 18.5 Å². The van der Waals surface area contributed by atoms with E-state index >= 15 is 0 Å². The average molecular weight is 264 g/mol. The quantitative estimate of drug-likeness (QED) is 0.765. The molecule has 1 aliphatic heterocycles. The lowest BCUT2D eigenvalue weighted by molar-refractivity contribution is -0.124. The van der Waals surface area contributed by atoms with Crippen LogP contribution in [0.5, 0.6) is 0 Å². The number of carbonyl (C=O) groups is 1. The highest BCUT2D eigenvalue weighted by molar-refractivity contribution is 5.98. The second-order valence-electron chi connectivity index (χ2n) is 4.99. The summed E-state index contributed by atoms with van der Waals surface area (Å²) in [6, 6.07) is 7.19. The highest BCUT2D eigenvalue weighted by atomic mass is 16.5. The Hall–Kier alpha value is -1.43. The van der Waals surface area contributed by atoms with Gasteiger partial charge in [-0.2, -0.15) is 0 Å². The summed E-state index contributed by atoms with van der Waals surface area (Å²) in [4.78, 5) is 12.3. The first-order chi connectivity index (χ1) is 9.03. The van der Waals surface area contributed by atoms with Crippen molar-refractivity contribution in [3.63, 3.8) is 0 Å². The van der Waals surface area contributed by atoms with E-state index in [1.54, 1.807) is 19.1 Å². The largest absolute Gasteiger partial charge is 0.389 e. The second-order valence-corrected chi connectivity index (χ2v) is 4.99. The number of benzene rings is 1. The lowest BCUT2D eigenvalue weighted by Gasteiger charge is -2.32. The fourth-order valence-corrected chi connectivity index (χ4v) is 2.18. The number of hydrogen-bond donors (Lipinski definition) is 3. The van der Waals surface area contributed by atoms with Crippen molar-refractivity contribution >= 4 is 11.6 Å². The van der Waals surface area contributed by atoms with E-state index in [1.807, 2.05) is 12.1 Å². The number of aliphatic hydroxyl groups is 1. The molecule has 1 atom stereocenters. The maximum atomic E-state index is 12.3. The summed E-state index contributed by atoms with van der Waals surface area (Å²) in [5.41, 5.74) is 6.53. The molecule has 1 aromatic rings. The molecule has 1 amide bonds. The zero-order valence-corrected chi connectivity index (χ0v) is 11.1. The van der Waals surface area contributed by atoms with E-state index in [9.17, 15) is 9.90 Å². The van der Waals surface area contributed by atoms with Gasteiger partial charge in [0.2, 0.25) is 5.91 Å². The van der Waals surface area contributed by atoms with Gasteiger partial charge in [-0.3, -0.25) is 4.79 Å². The van der Waals surface area contributed by atoms with E-state index in [0.29, 0.717) is 37.3 Å². The molecule has 19 heavy (non-hydrogen) atoms. The van der Waals surface area contributed by atoms with Crippen molar-refractivity contribution in [2.24, 2.45) is 5.73 Å². The van der Waals surface area contributed by atoms with Crippen LogP contribution in [0.2, 0.25) is 0 Å². The minimum atomic E-state index is -0.885. The fourth-order valence-electron chi connectivity index (χ4n) is 2.18. The molecule has 0 aromatic heterocycles. The molecule has 1 saturated heterocycles. The van der Waals surface area contributed by atoms with Gasteiger partial charge in [-0.05, 0) is 25.8 Å². The van der Waals surface area contributed by atoms with Crippen molar-refractivity contribution in [1.82, 2.24) is 0 Å². The van der Waals surface area contributed by atoms with Gasteiger partial charge in [-0.15, -0.1) is 0 Å². The van der Waals surface area contributed by atoms with Crippen LogP contribution >= 0.6 is 0 Å². The Morgan fingerprint density at radius 1 is 1.42 bits per heavy atom. The van der Waals surface area contributed by atoms with Crippen LogP contribution < -0.4 is 11.1 Å². The first-order valence-corrected chi connectivity index (χ1v) is 6.48. The number of hydrogen-bond acceptors (Lipinski definition) is 4. The summed E-state index contributed by atoms with van der Waals surface area (Å²) in [5, 5.41) is 12.5. The van der Waals surface area contributed by atoms with Gasteiger partial charge in [0.25, 0.3) is 0 Å². The summed E-state index contributed by atoms with van der Waals surface area (Å²) in [6.45, 7) is 2.67. The Labute approximate surface area is 112 Å². The number of anilines is 1. The van der Waals surface area contributed by atoms with Crippen LogP contribution in [0, 0.1) is 0 Å². The molecule has 0 aliphatic carbocycles. The van der Waals surface area contributed by atoms with Crippen molar-refractivity contribution in [3.8, 4) is 0 Å². The number of ether oxygens (including phenoxy) is 1. The molecule has 1 heterocycles. The molecule has 1 unspecified atom stereocenters. The molecular formula is C14H20N2O3. The Morgan fingerprint density at radius 3 is 2.68 bits per heavy atom. The van der Waals surface area contributed by atoms with E-state index in [4.69, 9.17) is 10.5 Å². The third kappa shape index (κ3) is 3.12. The summed E-state index contributed by atoms with van der Waals surface area (Å²) in [6.07, 6.45) is 0.380. The average Bonchev–Trinajstić information content (AvgIpc) is 2.40. The van der Waals surface area contributed by atoms with E-state index in [0.717, 1.165) is 0 Å². The maximum Gasteiger partial charge on any atom is 0.244 e. The minimum absolute atomic E-state index is 0.219. The van der Waals surface area contributed by atoms with E-state index in [-0.39, 0.29) is 5.91 Å². The van der Waals surface area contributed by atoms with E-state index in [1.165, 1.54) is 0 Å². The first-order valence-electron chi connectivity index (χ1n) is 6.48. The van der Waals surface area contributed by atoms with Gasteiger partial charge in [0.15, 0.2) is 0 Å². The van der Waals surface area contributed by atoms with E-state index < -0.39 is 11.6 Å². The molecular weight excluding hydrogens is 244 g/mol. The van der Waals surface area contributed by atoms with Crippen LogP contribution in [0.4, 0.5) is 5.69 Å². The molecule has 5 nitrogen and oxygen atoms in total. The van der Waals surface area contributed by atoms with Crippen LogP contribution in [0.1, 0.15) is 31.4 Å². The Kier molecular flexibility index (Phi) is 4.19. The molecule has 1 fully saturated rings. The van der Waals surface area contributed by atoms with Crippen LogP contribution in [0.3, 0.4) is 0 Å². The number of nitrogens with one attached hydrogen (secondary N) is 1. The molecule has 0 radical (unpaired) electrons. The topological polar surface area (TPSA) is 84.6 Å². The van der Waals surface area contributed by atoms with Gasteiger partial charge < -0.3 is 20.9 Å². The zero-order valence-electron chi connectivity index (χ0n) is 11.1. The second kappa shape index (κ2) is 5.69. The lowest BCUT2D eigenvalue weighted by Crippen LogP contribution is -2.54. The standard InChI is InChI=1S/C14H20N2O3/c1-10(17)11-4-2-3-5-12(11)16-13(18)14(15)6-8-19-9-7-14/h2-5,10,17H,6-9,15H2,1H3,(H,16,18). The highest BCUT2D eigenvalue weighted by Gasteiger charge is 2.36. The van der Waals surface area contributed by atoms with Crippen LogP contribution in [0.25, 0.3) is 0 Å². The Balaban J connectivity index is 2.14. The normalized spacial score (nSPS) is 19.7. The summed E-state index contributed by atoms with van der Waals surface area (Å²) in [7, 11) is 0. The molecule has 4 N–H and O–H groups in total. The minimum Gasteiger partial charge on any atom is -0.389 e. The molecule has 5 heteroatoms. The van der Waals surface area contributed by atoms with E-state index in [2.05, 4.69) is 5.32 Å². The van der Waals surface area contributed by atoms with Crippen molar-refractivity contribution in [3.05, 3.63) is 29.8 Å². The Bertz CT molecular complexity index is 454. The van der Waals surface area contributed by atoms with Gasteiger partial charge in [-0.25, -0.2) is 0 Å². The predicted octanol–water partition coefficient (Wildman–Crippen LogP) is 1.19. The van der Waals surface area contributed by atoms with Crippen LogP contribution in [0.15, 0.2) is 24.3 Å². The van der Waals surface area contributed by atoms with Crippen molar-refractivity contribution in [1.29, 1.82) is 0 Å². The first kappa shape index (κ1) is 14.0. The molecule has 0 saturated carbocycles. The number of aliphatic hydroxyl groups excluding tert-OH is 1. The maximum absolute atomic E-state index is 12.3. The van der Waals surface area contributed by atoms with Gasteiger partial charge in [0.1, 0.15) is 5.54 Å². The van der Waals surface area contributed by atoms with Crippen LogP contribution in [-0.2, 0) is 9.53 Å². The van der Waals surface area contributed by atoms with Crippen molar-refractivity contribution in [2.45, 2.75) is 31.4 Å².